The molecule has 0 spiro atoms. The van der Waals surface area contributed by atoms with Gasteiger partial charge in [0.05, 0.1) is 5.92 Å². The van der Waals surface area contributed by atoms with E-state index < -0.39 is 0 Å². The van der Waals surface area contributed by atoms with Crippen molar-refractivity contribution in [3.8, 4) is 0 Å². The van der Waals surface area contributed by atoms with Crippen LogP contribution in [-0.2, 0) is 16.0 Å². The average Bonchev–Trinajstić information content (AvgIpc) is 3.03. The van der Waals surface area contributed by atoms with Gasteiger partial charge in [-0.05, 0) is 17.7 Å². The zero-order valence-electron chi connectivity index (χ0n) is 13.6. The zero-order chi connectivity index (χ0) is 17.2. The van der Waals surface area contributed by atoms with Crippen LogP contribution >= 0.6 is 0 Å². The third-order valence-corrected chi connectivity index (χ3v) is 4.53. The highest BCUT2D eigenvalue weighted by atomic mass is 16.3. The molecule has 0 radical (unpaired) electrons. The zero-order valence-corrected chi connectivity index (χ0v) is 13.6. The molecule has 1 fully saturated rings. The Morgan fingerprint density at radius 1 is 1.12 bits per heavy atom. The molecule has 126 valence electrons. The number of ketones is 1. The molecular weight excluding hydrogens is 316 g/mol. The second-order valence-corrected chi connectivity index (χ2v) is 6.41. The lowest BCUT2D eigenvalue weighted by Crippen LogP contribution is -2.41. The predicted octanol–water partition coefficient (Wildman–Crippen LogP) is 3.21. The van der Waals surface area contributed by atoms with E-state index in [0.717, 1.165) is 11.1 Å². The van der Waals surface area contributed by atoms with Crippen LogP contribution in [0.3, 0.4) is 0 Å². The minimum Gasteiger partial charge on any atom is -0.438 e. The molecule has 1 aromatic heterocycles. The van der Waals surface area contributed by atoms with Gasteiger partial charge in [0.2, 0.25) is 11.8 Å². The second kappa shape index (κ2) is 6.51. The summed E-state index contributed by atoms with van der Waals surface area (Å²) in [6, 6.07) is 17.1. The van der Waals surface area contributed by atoms with Gasteiger partial charge in [0.1, 0.15) is 17.3 Å². The fourth-order valence-corrected chi connectivity index (χ4v) is 3.05. The SMILES string of the molecule is O=C1CC(C(=O)N[C@@H](Cc2ccccc2)c2nc3ccccc3o2)C1. The Labute approximate surface area is 145 Å². The molecule has 0 saturated heterocycles. The van der Waals surface area contributed by atoms with Gasteiger partial charge in [-0.3, -0.25) is 9.59 Å². The number of carbonyl (C=O) groups is 2. The van der Waals surface area contributed by atoms with Crippen molar-refractivity contribution in [1.29, 1.82) is 0 Å². The molecule has 1 heterocycles. The van der Waals surface area contributed by atoms with Crippen molar-refractivity contribution in [3.05, 3.63) is 66.1 Å². The van der Waals surface area contributed by atoms with Crippen molar-refractivity contribution in [2.45, 2.75) is 25.3 Å². The Kier molecular flexibility index (Phi) is 4.06. The standard InChI is InChI=1S/C20H18N2O3/c23-15-11-14(12-15)19(24)21-17(10-13-6-2-1-3-7-13)20-22-16-8-4-5-9-18(16)25-20/h1-9,14,17H,10-12H2,(H,21,24)/t17-/m0/s1. The molecule has 1 N–H and O–H groups in total. The van der Waals surface area contributed by atoms with E-state index in [1.54, 1.807) is 0 Å². The summed E-state index contributed by atoms with van der Waals surface area (Å²) in [5, 5.41) is 3.02. The normalized spacial score (nSPS) is 15.8. The molecule has 5 nitrogen and oxygen atoms in total. The van der Waals surface area contributed by atoms with Crippen LogP contribution in [0.4, 0.5) is 0 Å². The van der Waals surface area contributed by atoms with Crippen molar-refractivity contribution in [2.75, 3.05) is 0 Å². The van der Waals surface area contributed by atoms with Crippen molar-refractivity contribution >= 4 is 22.8 Å². The van der Waals surface area contributed by atoms with Crippen LogP contribution in [-0.4, -0.2) is 16.7 Å². The quantitative estimate of drug-likeness (QED) is 0.778. The van der Waals surface area contributed by atoms with E-state index in [0.29, 0.717) is 30.7 Å². The Hall–Kier alpha value is -2.95. The Bertz CT molecular complexity index is 876. The van der Waals surface area contributed by atoms with Crippen LogP contribution < -0.4 is 5.32 Å². The highest BCUT2D eigenvalue weighted by molar-refractivity contribution is 5.96. The molecule has 4 rings (SSSR count). The third kappa shape index (κ3) is 3.31. The first-order chi connectivity index (χ1) is 12.2. The smallest absolute Gasteiger partial charge is 0.224 e. The highest BCUT2D eigenvalue weighted by Crippen LogP contribution is 2.27. The fourth-order valence-electron chi connectivity index (χ4n) is 3.05. The van der Waals surface area contributed by atoms with Crippen molar-refractivity contribution in [2.24, 2.45) is 5.92 Å². The summed E-state index contributed by atoms with van der Waals surface area (Å²) >= 11 is 0. The number of rotatable bonds is 5. The van der Waals surface area contributed by atoms with Gasteiger partial charge in [-0.2, -0.15) is 0 Å². The summed E-state index contributed by atoms with van der Waals surface area (Å²) in [5.41, 5.74) is 2.55. The fraction of sp³-hybridized carbons (Fsp3) is 0.250. The first kappa shape index (κ1) is 15.6. The highest BCUT2D eigenvalue weighted by Gasteiger charge is 2.34. The van der Waals surface area contributed by atoms with E-state index in [2.05, 4.69) is 10.3 Å². The number of nitrogens with one attached hydrogen (secondary N) is 1. The number of hydrogen-bond acceptors (Lipinski definition) is 4. The van der Waals surface area contributed by atoms with E-state index in [1.165, 1.54) is 0 Å². The first-order valence-corrected chi connectivity index (χ1v) is 8.40. The number of aromatic nitrogens is 1. The second-order valence-electron chi connectivity index (χ2n) is 6.41. The van der Waals surface area contributed by atoms with Crippen LogP contribution in [0, 0.1) is 5.92 Å². The molecule has 0 bridgehead atoms. The Morgan fingerprint density at radius 2 is 1.84 bits per heavy atom. The molecule has 5 heteroatoms. The summed E-state index contributed by atoms with van der Waals surface area (Å²) in [6.45, 7) is 0. The van der Waals surface area contributed by atoms with E-state index in [-0.39, 0.29) is 23.7 Å². The van der Waals surface area contributed by atoms with E-state index in [4.69, 9.17) is 4.42 Å². The molecule has 1 saturated carbocycles. The van der Waals surface area contributed by atoms with Crippen molar-refractivity contribution in [1.82, 2.24) is 10.3 Å². The summed E-state index contributed by atoms with van der Waals surface area (Å²) in [4.78, 5) is 28.1. The maximum absolute atomic E-state index is 12.4. The summed E-state index contributed by atoms with van der Waals surface area (Å²) < 4.78 is 5.86. The van der Waals surface area contributed by atoms with Crippen molar-refractivity contribution < 1.29 is 14.0 Å². The van der Waals surface area contributed by atoms with Gasteiger partial charge in [0.15, 0.2) is 5.58 Å². The number of carbonyl (C=O) groups excluding carboxylic acids is 2. The lowest BCUT2D eigenvalue weighted by Gasteiger charge is -2.25. The molecule has 3 aromatic rings. The molecule has 1 atom stereocenters. The summed E-state index contributed by atoms with van der Waals surface area (Å²) in [7, 11) is 0. The molecule has 0 aliphatic heterocycles. The van der Waals surface area contributed by atoms with E-state index in [1.807, 2.05) is 54.6 Å². The number of fused-ring (bicyclic) bond motifs is 1. The molecule has 1 aliphatic rings. The van der Waals surface area contributed by atoms with Crippen LogP contribution in [0.5, 0.6) is 0 Å². The molecule has 0 unspecified atom stereocenters. The minimum absolute atomic E-state index is 0.109. The minimum atomic E-state index is -0.363. The number of hydrogen-bond donors (Lipinski definition) is 1. The topological polar surface area (TPSA) is 72.2 Å². The van der Waals surface area contributed by atoms with Gasteiger partial charge in [-0.15, -0.1) is 0 Å². The predicted molar refractivity (Wildman–Crippen MR) is 92.8 cm³/mol. The van der Waals surface area contributed by atoms with Gasteiger partial charge < -0.3 is 9.73 Å². The lowest BCUT2D eigenvalue weighted by molar-refractivity contribution is -0.138. The lowest BCUT2D eigenvalue weighted by atomic mass is 9.83. The van der Waals surface area contributed by atoms with Gasteiger partial charge in [0.25, 0.3) is 0 Å². The van der Waals surface area contributed by atoms with Gasteiger partial charge in [-0.1, -0.05) is 42.5 Å². The third-order valence-electron chi connectivity index (χ3n) is 4.53. The number of para-hydroxylation sites is 2. The number of Topliss-reactive ketones (excluding diaryl/α,β-unsaturated/α-hetero) is 1. The largest absolute Gasteiger partial charge is 0.438 e. The van der Waals surface area contributed by atoms with Crippen LogP contribution in [0.15, 0.2) is 59.0 Å². The summed E-state index contributed by atoms with van der Waals surface area (Å²) in [6.07, 6.45) is 1.25. The molecule has 1 aliphatic carbocycles. The number of oxazole rings is 1. The van der Waals surface area contributed by atoms with Gasteiger partial charge in [0, 0.05) is 19.3 Å². The number of amides is 1. The molecule has 2 aromatic carbocycles. The summed E-state index contributed by atoms with van der Waals surface area (Å²) in [5.74, 6) is 0.295. The molecule has 25 heavy (non-hydrogen) atoms. The maximum Gasteiger partial charge on any atom is 0.224 e. The number of nitrogens with zero attached hydrogens (tertiary/aromatic N) is 1. The Morgan fingerprint density at radius 3 is 2.56 bits per heavy atom. The maximum atomic E-state index is 12.4. The molecule has 1 amide bonds. The van der Waals surface area contributed by atoms with Crippen LogP contribution in [0.2, 0.25) is 0 Å². The van der Waals surface area contributed by atoms with Crippen molar-refractivity contribution in [3.63, 3.8) is 0 Å². The van der Waals surface area contributed by atoms with Crippen LogP contribution in [0.25, 0.3) is 11.1 Å². The van der Waals surface area contributed by atoms with Gasteiger partial charge in [-0.25, -0.2) is 4.98 Å². The molecular formula is C20H18N2O3. The number of benzene rings is 2. The average molecular weight is 334 g/mol. The van der Waals surface area contributed by atoms with Crippen LogP contribution in [0.1, 0.15) is 30.3 Å². The van der Waals surface area contributed by atoms with Gasteiger partial charge >= 0.3 is 0 Å². The first-order valence-electron chi connectivity index (χ1n) is 8.40. The Balaban J connectivity index is 1.60. The van der Waals surface area contributed by atoms with E-state index in [9.17, 15) is 9.59 Å². The van der Waals surface area contributed by atoms with E-state index >= 15 is 0 Å². The monoisotopic (exact) mass is 334 g/mol.